The van der Waals surface area contributed by atoms with E-state index in [9.17, 15) is 19.2 Å². The predicted octanol–water partition coefficient (Wildman–Crippen LogP) is 6.14. The van der Waals surface area contributed by atoms with Crippen LogP contribution in [0.15, 0.2) is 97.1 Å². The van der Waals surface area contributed by atoms with Gasteiger partial charge in [0, 0.05) is 16.1 Å². The van der Waals surface area contributed by atoms with Gasteiger partial charge in [-0.25, -0.2) is 4.90 Å². The molecule has 202 valence electrons. The molecule has 2 amide bonds. The molecule has 0 saturated carbocycles. The second-order valence-electron chi connectivity index (χ2n) is 10.5. The van der Waals surface area contributed by atoms with Gasteiger partial charge < -0.3 is 9.47 Å². The topological polar surface area (TPSA) is 90.0 Å². The van der Waals surface area contributed by atoms with Crippen molar-refractivity contribution in [1.82, 2.24) is 0 Å². The molecule has 2 saturated heterocycles. The highest BCUT2D eigenvalue weighted by molar-refractivity contribution is 6.37. The van der Waals surface area contributed by atoms with Gasteiger partial charge in [-0.15, -0.1) is 0 Å². The maximum absolute atomic E-state index is 14.1. The van der Waals surface area contributed by atoms with Crippen LogP contribution in [0.1, 0.15) is 37.9 Å². The highest BCUT2D eigenvalue weighted by Gasteiger charge is 2.74. The van der Waals surface area contributed by atoms with Crippen LogP contribution < -0.4 is 9.64 Å². The number of hydrogen-bond donors (Lipinski definition) is 0. The average molecular weight is 564 g/mol. The van der Waals surface area contributed by atoms with E-state index in [1.807, 2.05) is 19.1 Å². The molecule has 2 heterocycles. The summed E-state index contributed by atoms with van der Waals surface area (Å²) in [6.45, 7) is 1.93. The third kappa shape index (κ3) is 3.70. The summed E-state index contributed by atoms with van der Waals surface area (Å²) in [6.07, 6.45) is -0.961. The number of ether oxygens (including phenoxy) is 2. The Hall–Kier alpha value is -4.59. The molecule has 0 unspecified atom stereocenters. The Morgan fingerprint density at radius 1 is 0.732 bits per heavy atom. The van der Waals surface area contributed by atoms with Crippen molar-refractivity contribution in [2.45, 2.75) is 18.6 Å². The predicted molar refractivity (Wildman–Crippen MR) is 150 cm³/mol. The Labute approximate surface area is 240 Å². The quantitative estimate of drug-likeness (QED) is 0.219. The van der Waals surface area contributed by atoms with Crippen LogP contribution in [0.5, 0.6) is 11.5 Å². The summed E-state index contributed by atoms with van der Waals surface area (Å²) in [5, 5.41) is 0.581. The number of anilines is 1. The van der Waals surface area contributed by atoms with Gasteiger partial charge in [0.15, 0.2) is 0 Å². The molecule has 0 N–H and O–H groups in total. The first-order valence-corrected chi connectivity index (χ1v) is 13.5. The minimum atomic E-state index is -2.11. The number of carbonyl (C=O) groups is 4. The van der Waals surface area contributed by atoms with E-state index in [4.69, 9.17) is 21.1 Å². The van der Waals surface area contributed by atoms with Gasteiger partial charge in [0.1, 0.15) is 11.5 Å². The highest BCUT2D eigenvalue weighted by atomic mass is 35.5. The zero-order chi connectivity index (χ0) is 28.5. The lowest BCUT2D eigenvalue weighted by molar-refractivity contribution is -0.127. The molecular weight excluding hydrogens is 542 g/mol. The molecule has 41 heavy (non-hydrogen) atoms. The second kappa shape index (κ2) is 9.23. The van der Waals surface area contributed by atoms with Crippen LogP contribution in [-0.2, 0) is 14.3 Å². The smallest absolute Gasteiger partial charge is 0.241 e. The first kappa shape index (κ1) is 25.4. The molecule has 3 aliphatic rings. The number of fused-ring (bicyclic) bond motifs is 3. The van der Waals surface area contributed by atoms with Crippen molar-refractivity contribution in [1.29, 1.82) is 0 Å². The Kier molecular flexibility index (Phi) is 5.71. The van der Waals surface area contributed by atoms with Gasteiger partial charge in [0.2, 0.25) is 29.0 Å². The zero-order valence-corrected chi connectivity index (χ0v) is 22.5. The Balaban J connectivity index is 1.28. The van der Waals surface area contributed by atoms with E-state index in [1.54, 1.807) is 84.9 Å². The van der Waals surface area contributed by atoms with Crippen molar-refractivity contribution in [3.8, 4) is 11.5 Å². The summed E-state index contributed by atoms with van der Waals surface area (Å²) in [5.74, 6) is -3.64. The van der Waals surface area contributed by atoms with Crippen LogP contribution >= 0.6 is 11.6 Å². The van der Waals surface area contributed by atoms with Gasteiger partial charge in [-0.1, -0.05) is 65.7 Å². The van der Waals surface area contributed by atoms with Gasteiger partial charge >= 0.3 is 0 Å². The van der Waals surface area contributed by atoms with E-state index < -0.39 is 46.9 Å². The lowest BCUT2D eigenvalue weighted by Crippen LogP contribution is -2.51. The molecule has 1 spiro atoms. The summed E-state index contributed by atoms with van der Waals surface area (Å²) in [6, 6.07) is 27.1. The maximum atomic E-state index is 14.1. The van der Waals surface area contributed by atoms with Crippen LogP contribution in [0, 0.1) is 18.8 Å². The molecule has 1 aliphatic carbocycles. The summed E-state index contributed by atoms with van der Waals surface area (Å²) in [7, 11) is 0. The number of hydrogen-bond acceptors (Lipinski definition) is 6. The fourth-order valence-corrected chi connectivity index (χ4v) is 6.26. The molecular formula is C33H22ClNO6. The van der Waals surface area contributed by atoms with E-state index in [0.29, 0.717) is 27.8 Å². The zero-order valence-electron chi connectivity index (χ0n) is 21.7. The standard InChI is InChI=1S/C33H22ClNO6/c1-18-6-8-19(9-7-18)28-26-27(33(41-28)29(36)24-4-2-3-5-25(24)30(33)37)32(39)35(31(26)38)21-12-16-23(17-13-21)40-22-14-10-20(34)11-15-22/h2-17,26-28H,1H3/t26-,27-,28+/m0/s1. The second-order valence-corrected chi connectivity index (χ2v) is 10.9. The number of imide groups is 1. The summed E-state index contributed by atoms with van der Waals surface area (Å²) < 4.78 is 12.2. The Morgan fingerprint density at radius 2 is 1.29 bits per heavy atom. The fourth-order valence-electron chi connectivity index (χ4n) is 6.13. The highest BCUT2D eigenvalue weighted by Crippen LogP contribution is 2.57. The first-order valence-electron chi connectivity index (χ1n) is 13.1. The van der Waals surface area contributed by atoms with Gasteiger partial charge in [-0.05, 0) is 61.0 Å². The van der Waals surface area contributed by atoms with Gasteiger partial charge in [0.05, 0.1) is 23.6 Å². The molecule has 2 fully saturated rings. The van der Waals surface area contributed by atoms with E-state index in [-0.39, 0.29) is 11.1 Å². The van der Waals surface area contributed by atoms with Crippen LogP contribution in [-0.4, -0.2) is 29.0 Å². The number of benzene rings is 4. The van der Waals surface area contributed by atoms with Crippen LogP contribution in [0.3, 0.4) is 0 Å². The number of halogens is 1. The number of nitrogens with zero attached hydrogens (tertiary/aromatic N) is 1. The molecule has 8 heteroatoms. The van der Waals surface area contributed by atoms with Gasteiger partial charge in [-0.2, -0.15) is 0 Å². The normalized spacial score (nSPS) is 22.4. The third-order valence-electron chi connectivity index (χ3n) is 8.07. The lowest BCUT2D eigenvalue weighted by Gasteiger charge is -2.27. The van der Waals surface area contributed by atoms with E-state index in [2.05, 4.69) is 0 Å². The van der Waals surface area contributed by atoms with Crippen molar-refractivity contribution >= 4 is 40.7 Å². The third-order valence-corrected chi connectivity index (χ3v) is 8.32. The minimum absolute atomic E-state index is 0.197. The number of aryl methyl sites for hydroxylation is 1. The molecule has 0 aromatic heterocycles. The van der Waals surface area contributed by atoms with Crippen molar-refractivity contribution < 1.29 is 28.7 Å². The monoisotopic (exact) mass is 563 g/mol. The van der Waals surface area contributed by atoms with Crippen molar-refractivity contribution in [3.05, 3.63) is 124 Å². The molecule has 4 aromatic carbocycles. The minimum Gasteiger partial charge on any atom is -0.457 e. The number of rotatable bonds is 4. The van der Waals surface area contributed by atoms with E-state index >= 15 is 0 Å². The summed E-state index contributed by atoms with van der Waals surface area (Å²) >= 11 is 5.95. The fraction of sp³-hybridized carbons (Fsp3) is 0.152. The van der Waals surface area contributed by atoms with E-state index in [1.165, 1.54) is 0 Å². The lowest BCUT2D eigenvalue weighted by atomic mass is 9.77. The van der Waals surface area contributed by atoms with Gasteiger partial charge in [-0.3, -0.25) is 19.2 Å². The largest absolute Gasteiger partial charge is 0.457 e. The summed E-state index contributed by atoms with van der Waals surface area (Å²) in [4.78, 5) is 57.0. The maximum Gasteiger partial charge on any atom is 0.241 e. The molecule has 3 atom stereocenters. The van der Waals surface area contributed by atoms with Crippen molar-refractivity contribution in [2.24, 2.45) is 11.8 Å². The molecule has 0 bridgehead atoms. The number of carbonyl (C=O) groups excluding carboxylic acids is 4. The van der Waals surface area contributed by atoms with Crippen molar-refractivity contribution in [3.63, 3.8) is 0 Å². The summed E-state index contributed by atoms with van der Waals surface area (Å²) in [5.41, 5.74) is 0.212. The first-order chi connectivity index (χ1) is 19.8. The molecule has 4 aromatic rings. The molecule has 7 nitrogen and oxygen atoms in total. The number of Topliss-reactive ketones (excluding diaryl/α,β-unsaturated/α-hetero) is 2. The van der Waals surface area contributed by atoms with Crippen LogP contribution in [0.2, 0.25) is 5.02 Å². The SMILES string of the molecule is Cc1ccc([C@H]2OC3(C(=O)c4ccccc4C3=O)[C@@H]3C(=O)N(c4ccc(Oc5ccc(Cl)cc5)cc4)C(=O)[C@H]23)cc1. The Bertz CT molecular complexity index is 1710. The van der Waals surface area contributed by atoms with E-state index in [0.717, 1.165) is 10.5 Å². The van der Waals surface area contributed by atoms with Crippen LogP contribution in [0.4, 0.5) is 5.69 Å². The molecule has 0 radical (unpaired) electrons. The van der Waals surface area contributed by atoms with Crippen LogP contribution in [0.25, 0.3) is 0 Å². The Morgan fingerprint density at radius 3 is 1.88 bits per heavy atom. The van der Waals surface area contributed by atoms with Gasteiger partial charge in [0.25, 0.3) is 0 Å². The molecule has 7 rings (SSSR count). The number of ketones is 2. The average Bonchev–Trinajstić information content (AvgIpc) is 3.55. The number of amides is 2. The van der Waals surface area contributed by atoms with Crippen molar-refractivity contribution in [2.75, 3.05) is 4.90 Å². The molecule has 2 aliphatic heterocycles.